The summed E-state index contributed by atoms with van der Waals surface area (Å²) in [6, 6.07) is 13.9. The first-order valence-corrected chi connectivity index (χ1v) is 11.1. The van der Waals surface area contributed by atoms with E-state index in [9.17, 15) is 19.5 Å². The molecule has 2 aromatic carbocycles. The minimum atomic E-state index is -1.41. The standard InChI is InChI=1S/C24H33N5O5/c1-34-24(33)21(30)17-10-12-18(13-11-17)28-23(32)20(9-5-6-14-27-26)29-22(31)19(25)15-16-7-3-2-4-8-16/h2-4,7-8,10-13,19-21,27,30H,5-6,9,14-15,25-26H2,1H3,(H,28,32)(H,29,31)/t19-,20-,21?/m0/s1. The van der Waals surface area contributed by atoms with Gasteiger partial charge in [0.2, 0.25) is 11.8 Å². The average Bonchev–Trinajstić information content (AvgIpc) is 2.85. The second-order valence-corrected chi connectivity index (χ2v) is 7.84. The zero-order chi connectivity index (χ0) is 24.9. The van der Waals surface area contributed by atoms with Crippen LogP contribution >= 0.6 is 0 Å². The van der Waals surface area contributed by atoms with Crippen LogP contribution in [-0.2, 0) is 25.5 Å². The van der Waals surface area contributed by atoms with Crippen molar-refractivity contribution < 1.29 is 24.2 Å². The van der Waals surface area contributed by atoms with E-state index in [1.54, 1.807) is 12.1 Å². The molecule has 1 unspecified atom stereocenters. The number of carbonyl (C=O) groups is 3. The number of esters is 1. The number of amides is 2. The fourth-order valence-corrected chi connectivity index (χ4v) is 3.31. The molecule has 0 aromatic heterocycles. The lowest BCUT2D eigenvalue weighted by molar-refractivity contribution is -0.150. The number of hydrogen-bond donors (Lipinski definition) is 6. The first kappa shape index (κ1) is 26.9. The first-order valence-electron chi connectivity index (χ1n) is 11.1. The Bertz CT molecular complexity index is 923. The number of unbranched alkanes of at least 4 members (excludes halogenated alkanes) is 1. The zero-order valence-electron chi connectivity index (χ0n) is 19.2. The van der Waals surface area contributed by atoms with Crippen LogP contribution in [0.15, 0.2) is 54.6 Å². The number of aliphatic hydroxyl groups excluding tert-OH is 1. The SMILES string of the molecule is COC(=O)C(O)c1ccc(NC(=O)[C@H](CCCCNN)NC(=O)[C@@H](N)Cc2ccccc2)cc1. The van der Waals surface area contributed by atoms with Gasteiger partial charge < -0.3 is 26.2 Å². The summed E-state index contributed by atoms with van der Waals surface area (Å²) in [6.45, 7) is 0.583. The molecule has 0 aliphatic heterocycles. The summed E-state index contributed by atoms with van der Waals surface area (Å²) in [5.74, 6) is 3.70. The Morgan fingerprint density at radius 1 is 1.00 bits per heavy atom. The number of carbonyl (C=O) groups excluding carboxylic acids is 3. The third-order valence-electron chi connectivity index (χ3n) is 5.25. The Morgan fingerprint density at radius 3 is 2.29 bits per heavy atom. The summed E-state index contributed by atoms with van der Waals surface area (Å²) in [7, 11) is 1.18. The van der Waals surface area contributed by atoms with Gasteiger partial charge in [0.05, 0.1) is 13.2 Å². The second kappa shape index (κ2) is 14.1. The maximum absolute atomic E-state index is 12.9. The summed E-state index contributed by atoms with van der Waals surface area (Å²) < 4.78 is 4.52. The quantitative estimate of drug-likeness (QED) is 0.106. The van der Waals surface area contributed by atoms with Gasteiger partial charge >= 0.3 is 5.97 Å². The number of anilines is 1. The summed E-state index contributed by atoms with van der Waals surface area (Å²) in [5.41, 5.74) is 10.3. The van der Waals surface area contributed by atoms with E-state index in [2.05, 4.69) is 20.8 Å². The summed E-state index contributed by atoms with van der Waals surface area (Å²) in [4.78, 5) is 37.1. The highest BCUT2D eigenvalue weighted by molar-refractivity contribution is 5.97. The monoisotopic (exact) mass is 471 g/mol. The van der Waals surface area contributed by atoms with Crippen LogP contribution in [0.2, 0.25) is 0 Å². The van der Waals surface area contributed by atoms with Crippen molar-refractivity contribution in [1.29, 1.82) is 0 Å². The lowest BCUT2D eigenvalue weighted by Gasteiger charge is -2.21. The highest BCUT2D eigenvalue weighted by Crippen LogP contribution is 2.18. The van der Waals surface area contributed by atoms with E-state index in [0.29, 0.717) is 37.1 Å². The van der Waals surface area contributed by atoms with Crippen LogP contribution in [0.1, 0.15) is 36.5 Å². The summed E-state index contributed by atoms with van der Waals surface area (Å²) >= 11 is 0. The van der Waals surface area contributed by atoms with Crippen molar-refractivity contribution in [3.63, 3.8) is 0 Å². The zero-order valence-corrected chi connectivity index (χ0v) is 19.2. The molecule has 0 aliphatic carbocycles. The molecule has 0 aliphatic rings. The van der Waals surface area contributed by atoms with Crippen molar-refractivity contribution in [2.75, 3.05) is 19.0 Å². The average molecular weight is 472 g/mol. The molecule has 2 rings (SSSR count). The Balaban J connectivity index is 2.02. The molecule has 184 valence electrons. The van der Waals surface area contributed by atoms with Gasteiger partial charge in [0, 0.05) is 12.2 Å². The van der Waals surface area contributed by atoms with Crippen molar-refractivity contribution in [2.24, 2.45) is 11.6 Å². The minimum absolute atomic E-state index is 0.330. The van der Waals surface area contributed by atoms with Crippen LogP contribution < -0.4 is 27.6 Å². The molecular weight excluding hydrogens is 438 g/mol. The number of hydrazine groups is 1. The van der Waals surface area contributed by atoms with E-state index in [-0.39, 0.29) is 0 Å². The number of rotatable bonds is 13. The largest absolute Gasteiger partial charge is 0.467 e. The van der Waals surface area contributed by atoms with Gasteiger partial charge in [-0.3, -0.25) is 20.9 Å². The molecule has 0 saturated carbocycles. The van der Waals surface area contributed by atoms with Crippen molar-refractivity contribution in [2.45, 2.75) is 43.9 Å². The Morgan fingerprint density at radius 2 is 1.68 bits per heavy atom. The van der Waals surface area contributed by atoms with Crippen LogP contribution in [0.3, 0.4) is 0 Å². The lowest BCUT2D eigenvalue weighted by Crippen LogP contribution is -2.50. The van der Waals surface area contributed by atoms with E-state index in [4.69, 9.17) is 11.6 Å². The number of nitrogens with one attached hydrogen (secondary N) is 3. The van der Waals surface area contributed by atoms with Crippen LogP contribution in [0.5, 0.6) is 0 Å². The van der Waals surface area contributed by atoms with Crippen molar-refractivity contribution >= 4 is 23.5 Å². The number of ether oxygens (including phenoxy) is 1. The molecule has 10 heteroatoms. The molecule has 10 nitrogen and oxygen atoms in total. The summed E-state index contributed by atoms with van der Waals surface area (Å²) in [6.07, 6.45) is 0.718. The number of nitrogens with two attached hydrogens (primary N) is 2. The van der Waals surface area contributed by atoms with Crippen LogP contribution in [-0.4, -0.2) is 48.6 Å². The molecule has 0 saturated heterocycles. The fourth-order valence-electron chi connectivity index (χ4n) is 3.31. The molecular formula is C24H33N5O5. The molecule has 0 bridgehead atoms. The van der Waals surface area contributed by atoms with Gasteiger partial charge in [-0.1, -0.05) is 42.5 Å². The molecule has 2 aromatic rings. The van der Waals surface area contributed by atoms with E-state index >= 15 is 0 Å². The molecule has 8 N–H and O–H groups in total. The van der Waals surface area contributed by atoms with Gasteiger partial charge in [-0.25, -0.2) is 4.79 Å². The Labute approximate surface area is 199 Å². The van der Waals surface area contributed by atoms with Crippen molar-refractivity contribution in [1.82, 2.24) is 10.7 Å². The number of methoxy groups -OCH3 is 1. The topological polar surface area (TPSA) is 169 Å². The second-order valence-electron chi connectivity index (χ2n) is 7.84. The maximum Gasteiger partial charge on any atom is 0.339 e. The van der Waals surface area contributed by atoms with E-state index < -0.39 is 36.0 Å². The predicted molar refractivity (Wildman–Crippen MR) is 128 cm³/mol. The first-order chi connectivity index (χ1) is 16.3. The minimum Gasteiger partial charge on any atom is -0.467 e. The van der Waals surface area contributed by atoms with E-state index in [0.717, 1.165) is 12.0 Å². The normalized spacial score (nSPS) is 13.4. The van der Waals surface area contributed by atoms with E-state index in [1.165, 1.54) is 19.2 Å². The lowest BCUT2D eigenvalue weighted by atomic mass is 10.0. The van der Waals surface area contributed by atoms with E-state index in [1.807, 2.05) is 30.3 Å². The number of hydrogen-bond acceptors (Lipinski definition) is 8. The van der Waals surface area contributed by atoms with Gasteiger partial charge in [-0.05, 0) is 48.9 Å². The van der Waals surface area contributed by atoms with Crippen LogP contribution in [0.25, 0.3) is 0 Å². The van der Waals surface area contributed by atoms with Gasteiger partial charge in [0.1, 0.15) is 6.04 Å². The summed E-state index contributed by atoms with van der Waals surface area (Å²) in [5, 5.41) is 15.4. The third kappa shape index (κ3) is 8.56. The maximum atomic E-state index is 12.9. The Hall–Kier alpha value is -3.31. The molecule has 34 heavy (non-hydrogen) atoms. The molecule has 0 heterocycles. The van der Waals surface area contributed by atoms with Gasteiger partial charge in [-0.2, -0.15) is 0 Å². The highest BCUT2D eigenvalue weighted by Gasteiger charge is 2.24. The number of benzene rings is 2. The molecule has 0 fully saturated rings. The third-order valence-corrected chi connectivity index (χ3v) is 5.25. The van der Waals surface area contributed by atoms with Gasteiger partial charge in [0.25, 0.3) is 0 Å². The van der Waals surface area contributed by atoms with Crippen molar-refractivity contribution in [3.05, 3.63) is 65.7 Å². The Kier molecular flexibility index (Phi) is 11.1. The van der Waals surface area contributed by atoms with Gasteiger partial charge in [-0.15, -0.1) is 0 Å². The predicted octanol–water partition coefficient (Wildman–Crippen LogP) is 0.520. The van der Waals surface area contributed by atoms with Crippen molar-refractivity contribution in [3.8, 4) is 0 Å². The number of aliphatic hydroxyl groups is 1. The van der Waals surface area contributed by atoms with Crippen LogP contribution in [0.4, 0.5) is 5.69 Å². The molecule has 0 spiro atoms. The highest BCUT2D eigenvalue weighted by atomic mass is 16.5. The fraction of sp³-hybridized carbons (Fsp3) is 0.375. The molecule has 2 amide bonds. The smallest absolute Gasteiger partial charge is 0.339 e. The van der Waals surface area contributed by atoms with Crippen LogP contribution in [0, 0.1) is 0 Å². The molecule has 0 radical (unpaired) electrons. The molecule has 3 atom stereocenters. The van der Waals surface area contributed by atoms with Gasteiger partial charge in [0.15, 0.2) is 6.10 Å².